The Balaban J connectivity index is 2.16. The smallest absolute Gasteiger partial charge is 0.156 e. The second-order valence-corrected chi connectivity index (χ2v) is 4.16. The van der Waals surface area contributed by atoms with Crippen molar-refractivity contribution in [2.24, 2.45) is 5.92 Å². The summed E-state index contributed by atoms with van der Waals surface area (Å²) in [6.45, 7) is 0. The molecule has 1 atom stereocenters. The summed E-state index contributed by atoms with van der Waals surface area (Å²) < 4.78 is 0. The highest BCUT2D eigenvalue weighted by Gasteiger charge is 2.29. The SMILES string of the molecule is O=C1C=C2c3ccccc3CC[C@H]2C1. The van der Waals surface area contributed by atoms with Crippen LogP contribution in [0, 0.1) is 5.92 Å². The van der Waals surface area contributed by atoms with Crippen LogP contribution in [0.2, 0.25) is 0 Å². The van der Waals surface area contributed by atoms with E-state index >= 15 is 0 Å². The minimum Gasteiger partial charge on any atom is -0.295 e. The number of carbonyl (C=O) groups is 1. The van der Waals surface area contributed by atoms with E-state index in [1.807, 2.05) is 6.08 Å². The number of rotatable bonds is 0. The second-order valence-electron chi connectivity index (χ2n) is 4.16. The van der Waals surface area contributed by atoms with Crippen LogP contribution in [0.5, 0.6) is 0 Å². The van der Waals surface area contributed by atoms with Crippen LogP contribution < -0.4 is 0 Å². The van der Waals surface area contributed by atoms with E-state index in [2.05, 4.69) is 24.3 Å². The Morgan fingerprint density at radius 1 is 1.21 bits per heavy atom. The van der Waals surface area contributed by atoms with E-state index in [4.69, 9.17) is 0 Å². The van der Waals surface area contributed by atoms with Gasteiger partial charge in [-0.1, -0.05) is 24.3 Å². The predicted octanol–water partition coefficient (Wildman–Crippen LogP) is 2.61. The maximum atomic E-state index is 11.3. The molecule has 0 unspecified atom stereocenters. The molecule has 14 heavy (non-hydrogen) atoms. The Hall–Kier alpha value is -1.37. The quantitative estimate of drug-likeness (QED) is 0.605. The molecule has 0 heterocycles. The molecule has 1 aromatic rings. The fourth-order valence-electron chi connectivity index (χ4n) is 2.61. The van der Waals surface area contributed by atoms with Gasteiger partial charge in [-0.15, -0.1) is 0 Å². The average Bonchev–Trinajstić information content (AvgIpc) is 2.59. The maximum Gasteiger partial charge on any atom is 0.156 e. The van der Waals surface area contributed by atoms with Crippen LogP contribution in [-0.4, -0.2) is 5.78 Å². The number of benzene rings is 1. The fourth-order valence-corrected chi connectivity index (χ4v) is 2.61. The maximum absolute atomic E-state index is 11.3. The lowest BCUT2D eigenvalue weighted by Gasteiger charge is -2.23. The molecule has 0 radical (unpaired) electrons. The molecule has 0 aliphatic heterocycles. The highest BCUT2D eigenvalue weighted by atomic mass is 16.1. The number of fused-ring (bicyclic) bond motifs is 3. The van der Waals surface area contributed by atoms with Crippen molar-refractivity contribution in [2.75, 3.05) is 0 Å². The summed E-state index contributed by atoms with van der Waals surface area (Å²) in [5.74, 6) is 0.819. The standard InChI is InChI=1S/C13H12O/c14-11-7-10-6-5-9-3-1-2-4-12(9)13(10)8-11/h1-4,8,10H,5-7H2/t10-/m0/s1. The minimum atomic E-state index is 0.307. The highest BCUT2D eigenvalue weighted by Crippen LogP contribution is 2.40. The third kappa shape index (κ3) is 1.05. The summed E-state index contributed by atoms with van der Waals surface area (Å²) in [6.07, 6.45) is 4.87. The Morgan fingerprint density at radius 2 is 2.07 bits per heavy atom. The van der Waals surface area contributed by atoms with E-state index in [-0.39, 0.29) is 0 Å². The Morgan fingerprint density at radius 3 is 3.00 bits per heavy atom. The van der Waals surface area contributed by atoms with Crippen LogP contribution >= 0.6 is 0 Å². The van der Waals surface area contributed by atoms with Gasteiger partial charge in [0.1, 0.15) is 0 Å². The van der Waals surface area contributed by atoms with Crippen LogP contribution in [0.15, 0.2) is 30.3 Å². The van der Waals surface area contributed by atoms with Crippen molar-refractivity contribution < 1.29 is 4.79 Å². The summed E-state index contributed by atoms with van der Waals surface area (Å²) in [5.41, 5.74) is 4.01. The van der Waals surface area contributed by atoms with E-state index < -0.39 is 0 Å². The number of aryl methyl sites for hydroxylation is 1. The van der Waals surface area contributed by atoms with Crippen LogP contribution in [0.25, 0.3) is 5.57 Å². The second kappa shape index (κ2) is 2.81. The van der Waals surface area contributed by atoms with Gasteiger partial charge < -0.3 is 0 Å². The first-order chi connectivity index (χ1) is 6.84. The van der Waals surface area contributed by atoms with Gasteiger partial charge in [-0.3, -0.25) is 4.79 Å². The summed E-state index contributed by atoms with van der Waals surface area (Å²) in [7, 11) is 0. The van der Waals surface area contributed by atoms with Crippen molar-refractivity contribution in [1.29, 1.82) is 0 Å². The summed E-state index contributed by atoms with van der Waals surface area (Å²) in [4.78, 5) is 11.3. The molecule has 2 aliphatic carbocycles. The molecule has 0 amide bonds. The molecular formula is C13H12O. The van der Waals surface area contributed by atoms with E-state index in [9.17, 15) is 4.79 Å². The molecule has 1 aromatic carbocycles. The molecule has 0 saturated carbocycles. The van der Waals surface area contributed by atoms with Crippen molar-refractivity contribution >= 4 is 11.4 Å². The lowest BCUT2D eigenvalue weighted by molar-refractivity contribution is -0.114. The molecule has 0 aromatic heterocycles. The van der Waals surface area contributed by atoms with Crippen molar-refractivity contribution in [1.82, 2.24) is 0 Å². The van der Waals surface area contributed by atoms with Crippen molar-refractivity contribution in [3.63, 3.8) is 0 Å². The molecule has 0 N–H and O–H groups in total. The van der Waals surface area contributed by atoms with Gasteiger partial charge in [0.2, 0.25) is 0 Å². The fraction of sp³-hybridized carbons (Fsp3) is 0.308. The lowest BCUT2D eigenvalue weighted by atomic mass is 9.81. The van der Waals surface area contributed by atoms with Crippen LogP contribution in [0.1, 0.15) is 24.0 Å². The molecule has 0 bridgehead atoms. The molecule has 0 spiro atoms. The molecule has 3 rings (SSSR count). The number of hydrogen-bond donors (Lipinski definition) is 0. The van der Waals surface area contributed by atoms with Gasteiger partial charge in [0, 0.05) is 6.42 Å². The zero-order valence-electron chi connectivity index (χ0n) is 7.99. The summed E-state index contributed by atoms with van der Waals surface area (Å²) >= 11 is 0. The van der Waals surface area contributed by atoms with Crippen molar-refractivity contribution in [2.45, 2.75) is 19.3 Å². The summed E-state index contributed by atoms with van der Waals surface area (Å²) in [6, 6.07) is 8.46. The molecule has 70 valence electrons. The van der Waals surface area contributed by atoms with Gasteiger partial charge in [0.25, 0.3) is 0 Å². The normalized spacial score (nSPS) is 24.1. The van der Waals surface area contributed by atoms with Crippen LogP contribution in [-0.2, 0) is 11.2 Å². The van der Waals surface area contributed by atoms with Gasteiger partial charge in [0.15, 0.2) is 5.78 Å². The molecule has 0 fully saturated rings. The van der Waals surface area contributed by atoms with Gasteiger partial charge in [-0.05, 0) is 41.5 Å². The van der Waals surface area contributed by atoms with Gasteiger partial charge in [0.05, 0.1) is 0 Å². The van der Waals surface area contributed by atoms with Crippen LogP contribution in [0.4, 0.5) is 0 Å². The Bertz CT molecular complexity index is 429. The first kappa shape index (κ1) is 7.98. The first-order valence-corrected chi connectivity index (χ1v) is 5.17. The summed E-state index contributed by atoms with van der Waals surface area (Å²) in [5, 5.41) is 0. The molecule has 1 nitrogen and oxygen atoms in total. The van der Waals surface area contributed by atoms with Crippen molar-refractivity contribution in [3.05, 3.63) is 41.5 Å². The topological polar surface area (TPSA) is 17.1 Å². The average molecular weight is 184 g/mol. The predicted molar refractivity (Wildman–Crippen MR) is 55.9 cm³/mol. The number of carbonyl (C=O) groups excluding carboxylic acids is 1. The largest absolute Gasteiger partial charge is 0.295 e. The Kier molecular flexibility index (Phi) is 1.60. The molecule has 2 aliphatic rings. The zero-order valence-corrected chi connectivity index (χ0v) is 7.99. The highest BCUT2D eigenvalue weighted by molar-refractivity contribution is 6.03. The number of allylic oxidation sites excluding steroid dienone is 2. The molecule has 0 saturated heterocycles. The third-order valence-corrected chi connectivity index (χ3v) is 3.29. The van der Waals surface area contributed by atoms with E-state index in [1.54, 1.807) is 0 Å². The van der Waals surface area contributed by atoms with E-state index in [0.717, 1.165) is 19.3 Å². The first-order valence-electron chi connectivity index (χ1n) is 5.17. The van der Waals surface area contributed by atoms with E-state index in [1.165, 1.54) is 16.7 Å². The minimum absolute atomic E-state index is 0.307. The third-order valence-electron chi connectivity index (χ3n) is 3.29. The molecule has 1 heteroatoms. The van der Waals surface area contributed by atoms with E-state index in [0.29, 0.717) is 11.7 Å². The lowest BCUT2D eigenvalue weighted by Crippen LogP contribution is -2.10. The van der Waals surface area contributed by atoms with Gasteiger partial charge >= 0.3 is 0 Å². The van der Waals surface area contributed by atoms with Crippen LogP contribution in [0.3, 0.4) is 0 Å². The van der Waals surface area contributed by atoms with Gasteiger partial charge in [-0.25, -0.2) is 0 Å². The molecular weight excluding hydrogens is 172 g/mol. The Labute approximate surface area is 83.4 Å². The monoisotopic (exact) mass is 184 g/mol. The number of hydrogen-bond acceptors (Lipinski definition) is 1. The zero-order chi connectivity index (χ0) is 9.54. The van der Waals surface area contributed by atoms with Gasteiger partial charge in [-0.2, -0.15) is 0 Å². The number of ketones is 1. The van der Waals surface area contributed by atoms with Crippen molar-refractivity contribution in [3.8, 4) is 0 Å².